The van der Waals surface area contributed by atoms with Crippen molar-refractivity contribution < 1.29 is 14.3 Å². The number of hydrogen-bond acceptors (Lipinski definition) is 4. The number of ether oxygens (including phenoxy) is 1. The van der Waals surface area contributed by atoms with Gasteiger partial charge in [0.25, 0.3) is 11.8 Å². The van der Waals surface area contributed by atoms with E-state index >= 15 is 0 Å². The first kappa shape index (κ1) is 16.8. The van der Waals surface area contributed by atoms with E-state index in [2.05, 4.69) is 16.0 Å². The Morgan fingerprint density at radius 3 is 2.61 bits per heavy atom. The first-order valence-electron chi connectivity index (χ1n) is 6.91. The van der Waals surface area contributed by atoms with E-state index in [9.17, 15) is 9.59 Å². The highest BCUT2D eigenvalue weighted by molar-refractivity contribution is 6.30. The van der Waals surface area contributed by atoms with Gasteiger partial charge in [-0.2, -0.15) is 5.10 Å². The molecule has 7 nitrogen and oxygen atoms in total. The van der Waals surface area contributed by atoms with Crippen LogP contribution in [0.3, 0.4) is 0 Å². The number of benzene rings is 1. The molecule has 0 aliphatic carbocycles. The Balaban J connectivity index is 1.73. The molecule has 0 aliphatic rings. The fraction of sp³-hybridized carbons (Fsp3) is 0.267. The molecule has 1 aromatic carbocycles. The van der Waals surface area contributed by atoms with Crippen LogP contribution < -0.4 is 15.6 Å². The van der Waals surface area contributed by atoms with Crippen LogP contribution >= 0.6 is 11.6 Å². The number of aryl methyl sites for hydroxylation is 2. The van der Waals surface area contributed by atoms with Crippen LogP contribution in [0.15, 0.2) is 30.3 Å². The Labute approximate surface area is 138 Å². The van der Waals surface area contributed by atoms with E-state index in [0.29, 0.717) is 10.8 Å². The van der Waals surface area contributed by atoms with Gasteiger partial charge in [-0.25, -0.2) is 0 Å². The van der Waals surface area contributed by atoms with Crippen molar-refractivity contribution in [3.05, 3.63) is 46.7 Å². The molecule has 0 spiro atoms. The fourth-order valence-corrected chi connectivity index (χ4v) is 2.07. The van der Waals surface area contributed by atoms with E-state index < -0.39 is 5.91 Å². The Kier molecular flexibility index (Phi) is 5.59. The molecule has 2 rings (SSSR count). The monoisotopic (exact) mass is 336 g/mol. The summed E-state index contributed by atoms with van der Waals surface area (Å²) in [5.41, 5.74) is 6.28. The van der Waals surface area contributed by atoms with Gasteiger partial charge in [0.2, 0.25) is 0 Å². The van der Waals surface area contributed by atoms with Gasteiger partial charge in [0, 0.05) is 10.7 Å². The van der Waals surface area contributed by atoms with E-state index in [4.69, 9.17) is 16.3 Å². The molecule has 2 amide bonds. The van der Waals surface area contributed by atoms with Crippen LogP contribution in [0.4, 0.5) is 0 Å². The smallest absolute Gasteiger partial charge is 0.276 e. The number of nitrogens with one attached hydrogen (secondary N) is 2. The number of halogens is 1. The molecule has 0 bridgehead atoms. The average molecular weight is 337 g/mol. The Bertz CT molecular complexity index is 714. The molecule has 122 valence electrons. The molecule has 0 saturated carbocycles. The number of hydrogen-bond donors (Lipinski definition) is 2. The second kappa shape index (κ2) is 7.64. The zero-order valence-corrected chi connectivity index (χ0v) is 13.6. The highest BCUT2D eigenvalue weighted by Crippen LogP contribution is 2.16. The summed E-state index contributed by atoms with van der Waals surface area (Å²) in [5.74, 6) is -0.388. The normalized spacial score (nSPS) is 10.2. The van der Waals surface area contributed by atoms with Gasteiger partial charge in [-0.05, 0) is 38.1 Å². The Hall–Kier alpha value is -2.54. The predicted octanol–water partition coefficient (Wildman–Crippen LogP) is 1.38. The van der Waals surface area contributed by atoms with Crippen LogP contribution in [0.25, 0.3) is 0 Å². The molecule has 23 heavy (non-hydrogen) atoms. The number of nitrogens with zero attached hydrogens (tertiary/aromatic N) is 2. The predicted molar refractivity (Wildman–Crippen MR) is 84.9 cm³/mol. The van der Waals surface area contributed by atoms with Gasteiger partial charge in [0.1, 0.15) is 12.3 Å². The third-order valence-electron chi connectivity index (χ3n) is 2.90. The molecule has 0 fully saturated rings. The topological polar surface area (TPSA) is 85.2 Å². The van der Waals surface area contributed by atoms with Crippen LogP contribution in [0.2, 0.25) is 5.02 Å². The van der Waals surface area contributed by atoms with Crippen molar-refractivity contribution >= 4 is 23.4 Å². The number of amides is 2. The van der Waals surface area contributed by atoms with Crippen LogP contribution in [0, 0.1) is 13.8 Å². The van der Waals surface area contributed by atoms with E-state index in [1.807, 2.05) is 19.9 Å². The number of hydrazine groups is 1. The van der Waals surface area contributed by atoms with Gasteiger partial charge in [-0.15, -0.1) is 0 Å². The summed E-state index contributed by atoms with van der Waals surface area (Å²) in [5, 5.41) is 4.68. The maximum absolute atomic E-state index is 11.8. The lowest BCUT2D eigenvalue weighted by atomic mass is 10.3. The minimum atomic E-state index is -0.480. The third kappa shape index (κ3) is 5.30. The van der Waals surface area contributed by atoms with E-state index in [1.165, 1.54) is 0 Å². The van der Waals surface area contributed by atoms with Crippen molar-refractivity contribution in [2.24, 2.45) is 0 Å². The molecule has 0 atom stereocenters. The Morgan fingerprint density at radius 1 is 1.22 bits per heavy atom. The average Bonchev–Trinajstić information content (AvgIpc) is 2.81. The SMILES string of the molecule is Cc1cc(C)n(CC(=O)NNC(=O)COc2cccc(Cl)c2)n1. The number of carbonyl (C=O) groups is 2. The van der Waals surface area contributed by atoms with E-state index in [0.717, 1.165) is 11.4 Å². The largest absolute Gasteiger partial charge is 0.484 e. The van der Waals surface area contributed by atoms with Crippen molar-refractivity contribution in [2.45, 2.75) is 20.4 Å². The van der Waals surface area contributed by atoms with Gasteiger partial charge in [0.05, 0.1) is 5.69 Å². The van der Waals surface area contributed by atoms with Crippen LogP contribution in [-0.2, 0) is 16.1 Å². The molecule has 0 radical (unpaired) electrons. The lowest BCUT2D eigenvalue weighted by Gasteiger charge is -2.09. The highest BCUT2D eigenvalue weighted by atomic mass is 35.5. The number of aromatic nitrogens is 2. The second-order valence-electron chi connectivity index (χ2n) is 4.93. The van der Waals surface area contributed by atoms with Crippen molar-refractivity contribution in [1.82, 2.24) is 20.6 Å². The summed E-state index contributed by atoms with van der Waals surface area (Å²) in [7, 11) is 0. The second-order valence-corrected chi connectivity index (χ2v) is 5.36. The summed E-state index contributed by atoms with van der Waals surface area (Å²) in [6, 6.07) is 8.56. The molecular weight excluding hydrogens is 320 g/mol. The summed E-state index contributed by atoms with van der Waals surface area (Å²) in [6.45, 7) is 3.48. The summed E-state index contributed by atoms with van der Waals surface area (Å²) >= 11 is 5.81. The van der Waals surface area contributed by atoms with Crippen molar-refractivity contribution in [2.75, 3.05) is 6.61 Å². The fourth-order valence-electron chi connectivity index (χ4n) is 1.89. The molecule has 1 heterocycles. The van der Waals surface area contributed by atoms with E-state index in [1.54, 1.807) is 28.9 Å². The summed E-state index contributed by atoms with van der Waals surface area (Å²) in [4.78, 5) is 23.4. The van der Waals surface area contributed by atoms with Crippen LogP contribution in [0.5, 0.6) is 5.75 Å². The summed E-state index contributed by atoms with van der Waals surface area (Å²) in [6.07, 6.45) is 0. The van der Waals surface area contributed by atoms with Crippen molar-refractivity contribution in [3.63, 3.8) is 0 Å². The van der Waals surface area contributed by atoms with Crippen LogP contribution in [0.1, 0.15) is 11.4 Å². The molecule has 1 aromatic heterocycles. The number of rotatable bonds is 5. The minimum Gasteiger partial charge on any atom is -0.484 e. The van der Waals surface area contributed by atoms with Gasteiger partial charge in [-0.1, -0.05) is 17.7 Å². The zero-order valence-electron chi connectivity index (χ0n) is 12.8. The van der Waals surface area contributed by atoms with Gasteiger partial charge >= 0.3 is 0 Å². The lowest BCUT2D eigenvalue weighted by Crippen LogP contribution is -2.45. The maximum atomic E-state index is 11.8. The van der Waals surface area contributed by atoms with Gasteiger partial charge < -0.3 is 4.74 Å². The minimum absolute atomic E-state index is 0.0229. The van der Waals surface area contributed by atoms with Gasteiger partial charge in [-0.3, -0.25) is 25.1 Å². The summed E-state index contributed by atoms with van der Waals surface area (Å²) < 4.78 is 6.81. The first-order valence-corrected chi connectivity index (χ1v) is 7.29. The molecule has 0 unspecified atom stereocenters. The standard InChI is InChI=1S/C15H17ClN4O3/c1-10-6-11(2)20(19-10)8-14(21)17-18-15(22)9-23-13-5-3-4-12(16)7-13/h3-7H,8-9H2,1-2H3,(H,17,21)(H,18,22). The molecule has 0 aliphatic heterocycles. The molecular formula is C15H17ClN4O3. The zero-order chi connectivity index (χ0) is 16.8. The van der Waals surface area contributed by atoms with Crippen molar-refractivity contribution in [3.8, 4) is 5.75 Å². The van der Waals surface area contributed by atoms with Crippen molar-refractivity contribution in [1.29, 1.82) is 0 Å². The molecule has 0 saturated heterocycles. The third-order valence-corrected chi connectivity index (χ3v) is 3.14. The van der Waals surface area contributed by atoms with Crippen LogP contribution in [-0.4, -0.2) is 28.2 Å². The maximum Gasteiger partial charge on any atom is 0.276 e. The Morgan fingerprint density at radius 2 is 1.96 bits per heavy atom. The quantitative estimate of drug-likeness (QED) is 0.808. The molecule has 2 aromatic rings. The number of carbonyl (C=O) groups excluding carboxylic acids is 2. The lowest BCUT2D eigenvalue weighted by molar-refractivity contribution is -0.130. The molecule has 2 N–H and O–H groups in total. The van der Waals surface area contributed by atoms with Gasteiger partial charge in [0.15, 0.2) is 6.61 Å². The first-order chi connectivity index (χ1) is 10.9. The highest BCUT2D eigenvalue weighted by Gasteiger charge is 2.09. The van der Waals surface area contributed by atoms with E-state index in [-0.39, 0.29) is 19.1 Å². The molecule has 8 heteroatoms.